The van der Waals surface area contributed by atoms with Crippen molar-refractivity contribution in [3.05, 3.63) is 95.1 Å². The summed E-state index contributed by atoms with van der Waals surface area (Å²) in [6.07, 6.45) is 5.97. The molecule has 170 valence electrons. The van der Waals surface area contributed by atoms with Gasteiger partial charge in [-0.1, -0.05) is 67.9 Å². The second kappa shape index (κ2) is 9.45. The van der Waals surface area contributed by atoms with E-state index in [0.29, 0.717) is 31.0 Å². The fraction of sp³-hybridized carbons (Fsp3) is 0.296. The third-order valence-corrected chi connectivity index (χ3v) is 6.16. The molecule has 4 rings (SSSR count). The van der Waals surface area contributed by atoms with Crippen molar-refractivity contribution < 1.29 is 14.7 Å². The van der Waals surface area contributed by atoms with Crippen molar-refractivity contribution in [2.24, 2.45) is 0 Å². The largest absolute Gasteiger partial charge is 0.507 e. The van der Waals surface area contributed by atoms with Crippen LogP contribution in [-0.2, 0) is 16.1 Å². The number of carbonyl (C=O) groups excluding carboxylic acids is 2. The molecule has 1 saturated heterocycles. The van der Waals surface area contributed by atoms with Crippen LogP contribution in [0.3, 0.4) is 0 Å². The van der Waals surface area contributed by atoms with E-state index in [1.807, 2.05) is 54.1 Å². The van der Waals surface area contributed by atoms with Crippen LogP contribution in [-0.4, -0.2) is 37.8 Å². The van der Waals surface area contributed by atoms with Crippen LogP contribution in [0.1, 0.15) is 54.5 Å². The summed E-state index contributed by atoms with van der Waals surface area (Å²) in [4.78, 5) is 31.8. The molecule has 1 N–H and O–H groups in total. The summed E-state index contributed by atoms with van der Waals surface area (Å²) >= 11 is 0. The average molecular weight is 444 g/mol. The van der Waals surface area contributed by atoms with Gasteiger partial charge < -0.3 is 14.6 Å². The SMILES string of the molecule is Cc1ccc(C(O)=C2C(=O)C(=O)N(CCCn3ccnc3)[C@H]2c2ccc(C(C)C)cc2)cc1. The zero-order valence-corrected chi connectivity index (χ0v) is 19.2. The summed E-state index contributed by atoms with van der Waals surface area (Å²) in [5.74, 6) is -0.989. The molecule has 1 aliphatic heterocycles. The van der Waals surface area contributed by atoms with Gasteiger partial charge in [0.2, 0.25) is 0 Å². The Morgan fingerprint density at radius 2 is 1.73 bits per heavy atom. The number of likely N-dealkylation sites (tertiary alicyclic amines) is 1. The van der Waals surface area contributed by atoms with Crippen molar-refractivity contribution in [2.45, 2.75) is 45.7 Å². The maximum Gasteiger partial charge on any atom is 0.295 e. The maximum absolute atomic E-state index is 13.1. The Kier molecular flexibility index (Phi) is 6.45. The van der Waals surface area contributed by atoms with Crippen molar-refractivity contribution >= 4 is 17.4 Å². The zero-order chi connectivity index (χ0) is 23.5. The van der Waals surface area contributed by atoms with Gasteiger partial charge in [-0.2, -0.15) is 0 Å². The number of aliphatic hydroxyl groups excluding tert-OH is 1. The topological polar surface area (TPSA) is 75.4 Å². The Bertz CT molecular complexity index is 1160. The van der Waals surface area contributed by atoms with E-state index in [4.69, 9.17) is 0 Å². The molecule has 1 amide bonds. The summed E-state index contributed by atoms with van der Waals surface area (Å²) < 4.78 is 1.94. The highest BCUT2D eigenvalue weighted by atomic mass is 16.3. The number of aliphatic hydroxyl groups is 1. The molecule has 0 aliphatic carbocycles. The molecule has 0 bridgehead atoms. The van der Waals surface area contributed by atoms with Gasteiger partial charge in [0.25, 0.3) is 11.7 Å². The Morgan fingerprint density at radius 3 is 2.33 bits per heavy atom. The van der Waals surface area contributed by atoms with Crippen LogP contribution in [0.5, 0.6) is 0 Å². The second-order valence-electron chi connectivity index (χ2n) is 8.83. The standard InChI is InChI=1S/C27H29N3O3/c1-18(2)20-9-11-21(12-10-20)24-23(25(31)22-7-5-19(3)6-8-22)26(32)27(33)30(24)15-4-14-29-16-13-28-17-29/h5-13,16-18,24,31H,4,14-15H2,1-3H3/t24-/m0/s1. The highest BCUT2D eigenvalue weighted by molar-refractivity contribution is 6.46. The van der Waals surface area contributed by atoms with Gasteiger partial charge in [-0.25, -0.2) is 4.98 Å². The molecule has 2 heterocycles. The van der Waals surface area contributed by atoms with Gasteiger partial charge >= 0.3 is 0 Å². The molecule has 1 aromatic heterocycles. The second-order valence-corrected chi connectivity index (χ2v) is 8.83. The number of carbonyl (C=O) groups is 2. The molecule has 1 fully saturated rings. The predicted molar refractivity (Wildman–Crippen MR) is 128 cm³/mol. The van der Waals surface area contributed by atoms with Gasteiger partial charge in [-0.3, -0.25) is 9.59 Å². The summed E-state index contributed by atoms with van der Waals surface area (Å²) in [7, 11) is 0. The van der Waals surface area contributed by atoms with Crippen LogP contribution in [0.2, 0.25) is 0 Å². The van der Waals surface area contributed by atoms with Crippen molar-refractivity contribution in [1.29, 1.82) is 0 Å². The summed E-state index contributed by atoms with van der Waals surface area (Å²) in [6.45, 7) is 7.27. The van der Waals surface area contributed by atoms with Gasteiger partial charge in [0.05, 0.1) is 17.9 Å². The summed E-state index contributed by atoms with van der Waals surface area (Å²) in [6, 6.07) is 14.6. The first kappa shape index (κ1) is 22.5. The molecule has 0 unspecified atom stereocenters. The number of amides is 1. The Morgan fingerprint density at radius 1 is 1.03 bits per heavy atom. The number of rotatable bonds is 7. The van der Waals surface area contributed by atoms with Crippen molar-refractivity contribution in [3.63, 3.8) is 0 Å². The number of nitrogens with zero attached hydrogens (tertiary/aromatic N) is 3. The predicted octanol–water partition coefficient (Wildman–Crippen LogP) is 4.83. The molecule has 2 aromatic carbocycles. The smallest absolute Gasteiger partial charge is 0.295 e. The molecule has 6 heteroatoms. The molecule has 0 spiro atoms. The van der Waals surface area contributed by atoms with E-state index in [1.54, 1.807) is 29.6 Å². The first-order valence-electron chi connectivity index (χ1n) is 11.3. The van der Waals surface area contributed by atoms with E-state index in [1.165, 1.54) is 5.56 Å². The molecule has 33 heavy (non-hydrogen) atoms. The number of aromatic nitrogens is 2. The number of hydrogen-bond acceptors (Lipinski definition) is 4. The van der Waals surface area contributed by atoms with Gasteiger partial charge in [0.15, 0.2) is 0 Å². The van der Waals surface area contributed by atoms with E-state index in [0.717, 1.165) is 11.1 Å². The average Bonchev–Trinajstić information content (AvgIpc) is 3.41. The van der Waals surface area contributed by atoms with E-state index in [9.17, 15) is 14.7 Å². The molecule has 6 nitrogen and oxygen atoms in total. The first-order chi connectivity index (χ1) is 15.9. The number of Topliss-reactive ketones (excluding diaryl/α,β-unsaturated/α-hetero) is 1. The van der Waals surface area contributed by atoms with Gasteiger partial charge in [-0.15, -0.1) is 0 Å². The highest BCUT2D eigenvalue weighted by Crippen LogP contribution is 2.39. The Labute approximate surface area is 194 Å². The third kappa shape index (κ3) is 4.60. The lowest BCUT2D eigenvalue weighted by Gasteiger charge is -2.25. The van der Waals surface area contributed by atoms with Crippen LogP contribution in [0.4, 0.5) is 0 Å². The van der Waals surface area contributed by atoms with E-state index in [2.05, 4.69) is 18.8 Å². The van der Waals surface area contributed by atoms with E-state index in [-0.39, 0.29) is 11.3 Å². The maximum atomic E-state index is 13.1. The highest BCUT2D eigenvalue weighted by Gasteiger charge is 2.45. The molecule has 1 aliphatic rings. The number of aryl methyl sites for hydroxylation is 2. The monoisotopic (exact) mass is 443 g/mol. The lowest BCUT2D eigenvalue weighted by atomic mass is 9.93. The minimum Gasteiger partial charge on any atom is -0.507 e. The van der Waals surface area contributed by atoms with E-state index < -0.39 is 17.7 Å². The molecular formula is C27H29N3O3. The first-order valence-corrected chi connectivity index (χ1v) is 11.3. The third-order valence-electron chi connectivity index (χ3n) is 6.16. The number of benzene rings is 2. The molecule has 3 aromatic rings. The van der Waals surface area contributed by atoms with Gasteiger partial charge in [-0.05, 0) is 30.4 Å². The van der Waals surface area contributed by atoms with Crippen LogP contribution in [0.25, 0.3) is 5.76 Å². The fourth-order valence-corrected chi connectivity index (χ4v) is 4.23. The molecular weight excluding hydrogens is 414 g/mol. The quantitative estimate of drug-likeness (QED) is 0.322. The van der Waals surface area contributed by atoms with Crippen LogP contribution in [0.15, 0.2) is 72.8 Å². The summed E-state index contributed by atoms with van der Waals surface area (Å²) in [5, 5.41) is 11.1. The lowest BCUT2D eigenvalue weighted by molar-refractivity contribution is -0.139. The molecule has 0 radical (unpaired) electrons. The van der Waals surface area contributed by atoms with Crippen LogP contribution < -0.4 is 0 Å². The Balaban J connectivity index is 1.73. The van der Waals surface area contributed by atoms with Crippen LogP contribution >= 0.6 is 0 Å². The number of ketones is 1. The van der Waals surface area contributed by atoms with Crippen molar-refractivity contribution in [3.8, 4) is 0 Å². The van der Waals surface area contributed by atoms with Crippen molar-refractivity contribution in [2.75, 3.05) is 6.54 Å². The number of hydrogen-bond donors (Lipinski definition) is 1. The van der Waals surface area contributed by atoms with E-state index >= 15 is 0 Å². The van der Waals surface area contributed by atoms with Gasteiger partial charge in [0.1, 0.15) is 5.76 Å². The lowest BCUT2D eigenvalue weighted by Crippen LogP contribution is -2.31. The minimum atomic E-state index is -0.645. The Hall–Kier alpha value is -3.67. The number of imidazole rings is 1. The zero-order valence-electron chi connectivity index (χ0n) is 19.2. The van der Waals surface area contributed by atoms with Crippen molar-refractivity contribution in [1.82, 2.24) is 14.5 Å². The summed E-state index contributed by atoms with van der Waals surface area (Å²) in [5.41, 5.74) is 3.71. The van der Waals surface area contributed by atoms with Crippen LogP contribution in [0, 0.1) is 6.92 Å². The normalized spacial score (nSPS) is 17.8. The fourth-order valence-electron chi connectivity index (χ4n) is 4.23. The van der Waals surface area contributed by atoms with Gasteiger partial charge in [0, 0.05) is 31.0 Å². The molecule has 1 atom stereocenters. The minimum absolute atomic E-state index is 0.136. The molecule has 0 saturated carbocycles.